The minimum Gasteiger partial charge on any atom is -0.309 e. The van der Waals surface area contributed by atoms with E-state index in [9.17, 15) is 9.59 Å². The Morgan fingerprint density at radius 1 is 1.44 bits per heavy atom. The third kappa shape index (κ3) is 1.70. The molecule has 1 aliphatic rings. The van der Waals surface area contributed by atoms with Crippen LogP contribution in [0.3, 0.4) is 0 Å². The van der Waals surface area contributed by atoms with Crippen LogP contribution in [-0.2, 0) is 15.0 Å². The number of carbonyl (C=O) groups is 2. The van der Waals surface area contributed by atoms with Gasteiger partial charge >= 0.3 is 0 Å². The Morgan fingerprint density at radius 3 is 2.61 bits per heavy atom. The number of allylic oxidation sites excluding steroid dienone is 1. The van der Waals surface area contributed by atoms with Crippen LogP contribution in [-0.4, -0.2) is 18.7 Å². The summed E-state index contributed by atoms with van der Waals surface area (Å²) in [5.41, 5.74) is 0.413. The summed E-state index contributed by atoms with van der Waals surface area (Å²) in [6.07, 6.45) is 0. The molecule has 3 nitrogen and oxygen atoms in total. The van der Waals surface area contributed by atoms with Gasteiger partial charge in [-0.15, -0.1) is 0 Å². The second kappa shape index (κ2) is 4.35. The van der Waals surface area contributed by atoms with Crippen molar-refractivity contribution in [3.8, 4) is 0 Å². The Bertz CT molecular complexity index is 584. The number of benzene rings is 1. The lowest BCUT2D eigenvalue weighted by atomic mass is 9.74. The predicted octanol–water partition coefficient (Wildman–Crippen LogP) is 3.09. The van der Waals surface area contributed by atoms with Gasteiger partial charge in [-0.1, -0.05) is 18.2 Å². The van der Waals surface area contributed by atoms with E-state index in [4.69, 9.17) is 11.6 Å². The number of halogens is 2. The maximum absolute atomic E-state index is 12.3. The Balaban J connectivity index is 2.82. The number of anilines is 1. The van der Waals surface area contributed by atoms with Crippen molar-refractivity contribution >= 4 is 51.6 Å². The highest BCUT2D eigenvalue weighted by Gasteiger charge is 2.48. The van der Waals surface area contributed by atoms with Gasteiger partial charge in [0.25, 0.3) is 5.91 Å². The first kappa shape index (κ1) is 13.5. The van der Waals surface area contributed by atoms with E-state index in [2.05, 4.69) is 6.58 Å². The fraction of sp³-hybridized carbons (Fsp3) is 0.231. The summed E-state index contributed by atoms with van der Waals surface area (Å²) in [6.45, 7) is 5.55. The SMILES string of the molecule is C=C(I)C1(C)C(=O)C(=O)N(C)c2ccc(Cl)cc21. The summed E-state index contributed by atoms with van der Waals surface area (Å²) >= 11 is 7.98. The van der Waals surface area contributed by atoms with Gasteiger partial charge in [0.2, 0.25) is 5.78 Å². The molecular weight excluding hydrogens is 365 g/mol. The molecule has 0 saturated heterocycles. The molecule has 0 spiro atoms. The number of hydrogen-bond donors (Lipinski definition) is 0. The highest BCUT2D eigenvalue weighted by molar-refractivity contribution is 14.1. The van der Waals surface area contributed by atoms with Crippen molar-refractivity contribution in [2.75, 3.05) is 11.9 Å². The lowest BCUT2D eigenvalue weighted by Crippen LogP contribution is -2.50. The van der Waals surface area contributed by atoms with Gasteiger partial charge in [-0.3, -0.25) is 9.59 Å². The number of rotatable bonds is 1. The van der Waals surface area contributed by atoms with Crippen molar-refractivity contribution in [2.45, 2.75) is 12.3 Å². The number of amides is 1. The average Bonchev–Trinajstić information content (AvgIpc) is 2.33. The lowest BCUT2D eigenvalue weighted by Gasteiger charge is -2.37. The first-order valence-corrected chi connectivity index (χ1v) is 6.73. The molecule has 0 fully saturated rings. The van der Waals surface area contributed by atoms with Crippen LogP contribution in [0.2, 0.25) is 5.02 Å². The van der Waals surface area contributed by atoms with Gasteiger partial charge in [0.1, 0.15) is 0 Å². The van der Waals surface area contributed by atoms with Crippen molar-refractivity contribution in [3.05, 3.63) is 38.9 Å². The summed E-state index contributed by atoms with van der Waals surface area (Å²) in [5, 5.41) is 0.535. The number of likely N-dealkylation sites (N-methyl/N-ethyl adjacent to an activating group) is 1. The molecule has 18 heavy (non-hydrogen) atoms. The zero-order chi connectivity index (χ0) is 13.7. The molecule has 0 aromatic heterocycles. The number of ketones is 1. The number of hydrogen-bond acceptors (Lipinski definition) is 2. The van der Waals surface area contributed by atoms with Gasteiger partial charge in [-0.25, -0.2) is 0 Å². The summed E-state index contributed by atoms with van der Waals surface area (Å²) in [6, 6.07) is 5.18. The van der Waals surface area contributed by atoms with E-state index in [1.807, 2.05) is 22.6 Å². The molecule has 1 heterocycles. The number of fused-ring (bicyclic) bond motifs is 1. The second-order valence-electron chi connectivity index (χ2n) is 4.38. The number of carbonyl (C=O) groups excluding carboxylic acids is 2. The largest absolute Gasteiger partial charge is 0.309 e. The minimum atomic E-state index is -1.01. The molecule has 1 unspecified atom stereocenters. The summed E-state index contributed by atoms with van der Waals surface area (Å²) < 4.78 is 0.607. The smallest absolute Gasteiger partial charge is 0.295 e. The van der Waals surface area contributed by atoms with Gasteiger partial charge in [0.15, 0.2) is 0 Å². The summed E-state index contributed by atoms with van der Waals surface area (Å²) in [4.78, 5) is 25.6. The van der Waals surface area contributed by atoms with E-state index in [0.717, 1.165) is 5.56 Å². The number of Topliss-reactive ketones (excluding diaryl/α,β-unsaturated/α-hetero) is 1. The van der Waals surface area contributed by atoms with Crippen molar-refractivity contribution in [1.82, 2.24) is 0 Å². The van der Waals surface area contributed by atoms with Crippen molar-refractivity contribution in [3.63, 3.8) is 0 Å². The molecule has 0 bridgehead atoms. The van der Waals surface area contributed by atoms with Crippen LogP contribution in [0.15, 0.2) is 28.4 Å². The van der Waals surface area contributed by atoms with Gasteiger partial charge in [0.05, 0.1) is 5.41 Å². The van der Waals surface area contributed by atoms with Crippen LogP contribution in [0, 0.1) is 0 Å². The second-order valence-corrected chi connectivity index (χ2v) is 6.12. The molecule has 1 aliphatic heterocycles. The molecule has 2 rings (SSSR count). The molecular formula is C13H11ClINO2. The first-order chi connectivity index (χ1) is 8.30. The van der Waals surface area contributed by atoms with Crippen molar-refractivity contribution in [2.24, 2.45) is 0 Å². The zero-order valence-electron chi connectivity index (χ0n) is 9.96. The van der Waals surface area contributed by atoms with Crippen molar-refractivity contribution < 1.29 is 9.59 Å². The maximum Gasteiger partial charge on any atom is 0.295 e. The van der Waals surface area contributed by atoms with Crippen LogP contribution >= 0.6 is 34.2 Å². The zero-order valence-corrected chi connectivity index (χ0v) is 12.9. The van der Waals surface area contributed by atoms with Crippen LogP contribution in [0.5, 0.6) is 0 Å². The number of nitrogens with zero attached hydrogens (tertiary/aromatic N) is 1. The maximum atomic E-state index is 12.3. The molecule has 5 heteroatoms. The monoisotopic (exact) mass is 375 g/mol. The molecule has 1 atom stereocenters. The Morgan fingerprint density at radius 2 is 2.06 bits per heavy atom. The fourth-order valence-electron chi connectivity index (χ4n) is 2.07. The predicted molar refractivity (Wildman–Crippen MR) is 80.4 cm³/mol. The molecule has 0 radical (unpaired) electrons. The Hall–Kier alpha value is -0.880. The summed E-state index contributed by atoms with van der Waals surface area (Å²) in [7, 11) is 1.59. The fourth-order valence-corrected chi connectivity index (χ4v) is 2.78. The van der Waals surface area contributed by atoms with Crippen LogP contribution in [0.4, 0.5) is 5.69 Å². The van der Waals surface area contributed by atoms with Crippen LogP contribution in [0.1, 0.15) is 12.5 Å². The van der Waals surface area contributed by atoms with Gasteiger partial charge in [-0.2, -0.15) is 0 Å². The molecule has 0 N–H and O–H groups in total. The lowest BCUT2D eigenvalue weighted by molar-refractivity contribution is -0.138. The van der Waals surface area contributed by atoms with Crippen LogP contribution in [0.25, 0.3) is 0 Å². The molecule has 1 amide bonds. The Kier molecular flexibility index (Phi) is 3.27. The van der Waals surface area contributed by atoms with E-state index >= 15 is 0 Å². The van der Waals surface area contributed by atoms with E-state index < -0.39 is 17.1 Å². The van der Waals surface area contributed by atoms with E-state index in [0.29, 0.717) is 14.3 Å². The standard InChI is InChI=1S/C13H11ClINO2/c1-7(15)13(2)9-6-8(14)4-5-10(9)16(3)12(18)11(13)17/h4-6H,1H2,2-3H3. The normalized spacial score (nSPS) is 23.0. The molecule has 94 valence electrons. The average molecular weight is 376 g/mol. The van der Waals surface area contributed by atoms with E-state index in [1.54, 1.807) is 32.2 Å². The first-order valence-electron chi connectivity index (χ1n) is 5.27. The minimum absolute atomic E-state index is 0.473. The Labute approximate surface area is 124 Å². The van der Waals surface area contributed by atoms with Gasteiger partial charge < -0.3 is 4.90 Å². The topological polar surface area (TPSA) is 37.4 Å². The molecule has 0 aliphatic carbocycles. The van der Waals surface area contributed by atoms with Crippen LogP contribution < -0.4 is 4.90 Å². The van der Waals surface area contributed by atoms with Crippen molar-refractivity contribution in [1.29, 1.82) is 0 Å². The highest BCUT2D eigenvalue weighted by atomic mass is 127. The van der Waals surface area contributed by atoms with E-state index in [-0.39, 0.29) is 0 Å². The molecule has 0 saturated carbocycles. The third-order valence-electron chi connectivity index (χ3n) is 3.35. The highest BCUT2D eigenvalue weighted by Crippen LogP contribution is 2.45. The third-order valence-corrected chi connectivity index (χ3v) is 4.67. The molecule has 1 aromatic rings. The quantitative estimate of drug-likeness (QED) is 0.559. The molecule has 1 aromatic carbocycles. The van der Waals surface area contributed by atoms with E-state index in [1.165, 1.54) is 4.90 Å². The van der Waals surface area contributed by atoms with Gasteiger partial charge in [0, 0.05) is 21.3 Å². The summed E-state index contributed by atoms with van der Waals surface area (Å²) in [5.74, 6) is -0.996. The van der Waals surface area contributed by atoms with Gasteiger partial charge in [-0.05, 0) is 53.3 Å².